The fourth-order valence-corrected chi connectivity index (χ4v) is 4.67. The molecule has 12 heteroatoms. The zero-order valence-corrected chi connectivity index (χ0v) is 22.7. The van der Waals surface area contributed by atoms with Crippen molar-refractivity contribution < 1.29 is 32.2 Å². The van der Waals surface area contributed by atoms with Gasteiger partial charge in [0.15, 0.2) is 0 Å². The first-order chi connectivity index (χ1) is 19.1. The molecule has 2 unspecified atom stereocenters. The molecule has 2 aliphatic rings. The Morgan fingerprint density at radius 3 is 2.67 bits per heavy atom. The maximum atomic E-state index is 13.9. The molecule has 0 radical (unpaired) electrons. The molecule has 3 heterocycles. The summed E-state index contributed by atoms with van der Waals surface area (Å²) < 4.78 is 52.8. The average molecular weight is 564 g/mol. The van der Waals surface area contributed by atoms with E-state index in [4.69, 9.17) is 9.47 Å². The number of carbonyl (C=O) groups is 2. The predicted molar refractivity (Wildman–Crippen MR) is 141 cm³/mol. The van der Waals surface area contributed by atoms with Crippen LogP contribution in [0.5, 0.6) is 5.88 Å². The molecule has 2 aromatic rings. The number of nitrogens with one attached hydrogen (secondary N) is 3. The molecule has 9 nitrogen and oxygen atoms in total. The van der Waals surface area contributed by atoms with E-state index in [1.165, 1.54) is 12.1 Å². The molecule has 40 heavy (non-hydrogen) atoms. The van der Waals surface area contributed by atoms with E-state index in [1.54, 1.807) is 32.2 Å². The molecule has 0 aliphatic carbocycles. The maximum absolute atomic E-state index is 13.9. The smallest absolute Gasteiger partial charge is 0.416 e. The number of carbonyl (C=O) groups excluding carboxylic acids is 2. The second-order valence-corrected chi connectivity index (χ2v) is 10.3. The normalized spacial score (nSPS) is 20.3. The van der Waals surface area contributed by atoms with Crippen LogP contribution in [-0.4, -0.2) is 61.2 Å². The third-order valence-electron chi connectivity index (χ3n) is 6.92. The van der Waals surface area contributed by atoms with Gasteiger partial charge in [0.2, 0.25) is 17.7 Å². The van der Waals surface area contributed by atoms with Crippen molar-refractivity contribution in [2.75, 3.05) is 39.5 Å². The number of hydrogen-bond acceptors (Lipinski definition) is 7. The standard InChI is InChI=1S/C28H36F3N5O4/c1-18(2)27(38)33-16-19-4-6-22(28(29,30)31)21(14-19)26-34-23(15-24(37)35-26)20-5-7-25(32-17-20)40-11-3-8-36-9-12-39-13-10-36/h4-7,14,17-18,23,26,34H,3,8-13,15-16H2,1-2H3,(H,33,38)(H,35,37). The highest BCUT2D eigenvalue weighted by Crippen LogP contribution is 2.36. The fourth-order valence-electron chi connectivity index (χ4n) is 4.67. The highest BCUT2D eigenvalue weighted by molar-refractivity contribution is 5.78. The number of morpholine rings is 1. The molecule has 2 amide bonds. The quantitative estimate of drug-likeness (QED) is 0.381. The van der Waals surface area contributed by atoms with Crippen molar-refractivity contribution >= 4 is 11.8 Å². The number of benzene rings is 1. The van der Waals surface area contributed by atoms with Crippen LogP contribution in [0.25, 0.3) is 0 Å². The van der Waals surface area contributed by atoms with Gasteiger partial charge in [-0.15, -0.1) is 0 Å². The predicted octanol–water partition coefficient (Wildman–Crippen LogP) is 3.32. The first-order valence-corrected chi connectivity index (χ1v) is 13.5. The molecule has 4 rings (SSSR count). The van der Waals surface area contributed by atoms with E-state index in [-0.39, 0.29) is 36.3 Å². The van der Waals surface area contributed by atoms with Gasteiger partial charge >= 0.3 is 6.18 Å². The Bertz CT molecular complexity index is 1150. The lowest BCUT2D eigenvalue weighted by Crippen LogP contribution is -2.47. The molecule has 218 valence electrons. The molecule has 1 aromatic heterocycles. The minimum Gasteiger partial charge on any atom is -0.478 e. The van der Waals surface area contributed by atoms with Crippen LogP contribution in [0.15, 0.2) is 36.5 Å². The van der Waals surface area contributed by atoms with Crippen LogP contribution in [0.1, 0.15) is 61.2 Å². The Hall–Kier alpha value is -3.22. The Balaban J connectivity index is 1.42. The summed E-state index contributed by atoms with van der Waals surface area (Å²) in [5, 5.41) is 8.48. The van der Waals surface area contributed by atoms with Gasteiger partial charge < -0.3 is 20.1 Å². The number of aromatic nitrogens is 1. The van der Waals surface area contributed by atoms with Crippen molar-refractivity contribution in [3.05, 3.63) is 58.8 Å². The number of amides is 2. The van der Waals surface area contributed by atoms with E-state index in [9.17, 15) is 22.8 Å². The average Bonchev–Trinajstić information content (AvgIpc) is 2.94. The van der Waals surface area contributed by atoms with Crippen LogP contribution >= 0.6 is 0 Å². The summed E-state index contributed by atoms with van der Waals surface area (Å²) in [5.41, 5.74) is 0.181. The Morgan fingerprint density at radius 1 is 1.23 bits per heavy atom. The third kappa shape index (κ3) is 8.15. The van der Waals surface area contributed by atoms with E-state index in [1.807, 2.05) is 0 Å². The van der Waals surface area contributed by atoms with Gasteiger partial charge in [0.05, 0.1) is 25.4 Å². The highest BCUT2D eigenvalue weighted by Gasteiger charge is 2.38. The highest BCUT2D eigenvalue weighted by atomic mass is 19.4. The van der Waals surface area contributed by atoms with E-state index >= 15 is 0 Å². The van der Waals surface area contributed by atoms with Crippen molar-refractivity contribution in [1.29, 1.82) is 0 Å². The van der Waals surface area contributed by atoms with Gasteiger partial charge in [-0.25, -0.2) is 4.98 Å². The molecule has 0 spiro atoms. The number of alkyl halides is 3. The van der Waals surface area contributed by atoms with Gasteiger partial charge in [0, 0.05) is 62.4 Å². The molecule has 2 saturated heterocycles. The van der Waals surface area contributed by atoms with Crippen LogP contribution in [-0.2, 0) is 27.0 Å². The summed E-state index contributed by atoms with van der Waals surface area (Å²) in [6, 6.07) is 6.60. The fraction of sp³-hybridized carbons (Fsp3) is 0.536. The molecule has 2 fully saturated rings. The minimum atomic E-state index is -4.63. The van der Waals surface area contributed by atoms with Gasteiger partial charge in [0.25, 0.3) is 0 Å². The minimum absolute atomic E-state index is 0.0451. The molecule has 0 bridgehead atoms. The van der Waals surface area contributed by atoms with Gasteiger partial charge in [-0.3, -0.25) is 19.8 Å². The van der Waals surface area contributed by atoms with Crippen molar-refractivity contribution in [1.82, 2.24) is 25.8 Å². The number of ether oxygens (including phenoxy) is 2. The number of rotatable bonds is 10. The number of pyridine rings is 1. The van der Waals surface area contributed by atoms with Crippen molar-refractivity contribution in [3.8, 4) is 5.88 Å². The summed E-state index contributed by atoms with van der Waals surface area (Å²) in [4.78, 5) is 31.2. The van der Waals surface area contributed by atoms with Gasteiger partial charge in [-0.2, -0.15) is 13.2 Å². The lowest BCUT2D eigenvalue weighted by atomic mass is 9.96. The first kappa shape index (κ1) is 29.8. The molecule has 2 aliphatic heterocycles. The van der Waals surface area contributed by atoms with Crippen molar-refractivity contribution in [3.63, 3.8) is 0 Å². The summed E-state index contributed by atoms with van der Waals surface area (Å²) in [6.45, 7) is 8.28. The van der Waals surface area contributed by atoms with Crippen LogP contribution in [0.3, 0.4) is 0 Å². The molecule has 1 aromatic carbocycles. The van der Waals surface area contributed by atoms with Gasteiger partial charge in [-0.1, -0.05) is 26.0 Å². The Kier molecular flexibility index (Phi) is 9.99. The monoisotopic (exact) mass is 563 g/mol. The largest absolute Gasteiger partial charge is 0.478 e. The SMILES string of the molecule is CC(C)C(=O)NCc1ccc(C(F)(F)F)c(C2NC(=O)CC(c3ccc(OCCCN4CCOCC4)nc3)N2)c1. The van der Waals surface area contributed by atoms with Gasteiger partial charge in [0.1, 0.15) is 6.17 Å². The summed E-state index contributed by atoms with van der Waals surface area (Å²) in [6.07, 6.45) is -3.25. The molecular weight excluding hydrogens is 527 g/mol. The number of halogens is 3. The topological polar surface area (TPSA) is 105 Å². The lowest BCUT2D eigenvalue weighted by molar-refractivity contribution is -0.139. The molecule has 3 N–H and O–H groups in total. The van der Waals surface area contributed by atoms with Gasteiger partial charge in [-0.05, 0) is 29.7 Å². The zero-order valence-electron chi connectivity index (χ0n) is 22.7. The van der Waals surface area contributed by atoms with E-state index in [0.717, 1.165) is 45.3 Å². The second kappa shape index (κ2) is 13.4. The van der Waals surface area contributed by atoms with Crippen LogP contribution in [0, 0.1) is 5.92 Å². The van der Waals surface area contributed by atoms with Crippen molar-refractivity contribution in [2.24, 2.45) is 5.92 Å². The van der Waals surface area contributed by atoms with Crippen LogP contribution in [0.2, 0.25) is 0 Å². The first-order valence-electron chi connectivity index (χ1n) is 13.5. The Morgan fingerprint density at radius 2 is 2.00 bits per heavy atom. The third-order valence-corrected chi connectivity index (χ3v) is 6.92. The Labute approximate surface area is 231 Å². The summed E-state index contributed by atoms with van der Waals surface area (Å²) >= 11 is 0. The molecular formula is C28H36F3N5O4. The summed E-state index contributed by atoms with van der Waals surface area (Å²) in [7, 11) is 0. The number of nitrogens with zero attached hydrogens (tertiary/aromatic N) is 2. The molecule has 0 saturated carbocycles. The van der Waals surface area contributed by atoms with E-state index in [2.05, 4.69) is 25.8 Å². The van der Waals surface area contributed by atoms with Crippen molar-refractivity contribution in [2.45, 2.75) is 51.6 Å². The lowest BCUT2D eigenvalue weighted by Gasteiger charge is -2.33. The van der Waals surface area contributed by atoms with Crippen LogP contribution < -0.4 is 20.7 Å². The number of hydrogen-bond donors (Lipinski definition) is 3. The summed E-state index contributed by atoms with van der Waals surface area (Å²) in [5.74, 6) is -0.404. The second-order valence-electron chi connectivity index (χ2n) is 10.3. The van der Waals surface area contributed by atoms with E-state index in [0.29, 0.717) is 23.6 Å². The van der Waals surface area contributed by atoms with E-state index < -0.39 is 23.9 Å². The maximum Gasteiger partial charge on any atom is 0.416 e. The molecule has 2 atom stereocenters. The zero-order chi connectivity index (χ0) is 28.7. The van der Waals surface area contributed by atoms with Crippen LogP contribution in [0.4, 0.5) is 13.2 Å².